The molecule has 0 spiro atoms. The average Bonchev–Trinajstić information content (AvgIpc) is 2.64. The summed E-state index contributed by atoms with van der Waals surface area (Å²) in [6.07, 6.45) is 0. The summed E-state index contributed by atoms with van der Waals surface area (Å²) < 4.78 is 15.7. The lowest BCUT2D eigenvalue weighted by Gasteiger charge is -2.04. The minimum absolute atomic E-state index is 0.0625. The number of carbonyl (C=O) groups is 1. The van der Waals surface area contributed by atoms with Crippen LogP contribution in [0.4, 0.5) is 4.39 Å². The highest BCUT2D eigenvalue weighted by atomic mass is 79.9. The van der Waals surface area contributed by atoms with Gasteiger partial charge in [0.2, 0.25) is 0 Å². The van der Waals surface area contributed by atoms with Crippen LogP contribution in [0.2, 0.25) is 0 Å². The van der Waals surface area contributed by atoms with Crippen LogP contribution in [0, 0.1) is 5.82 Å². The fraction of sp³-hybridized carbons (Fsp3) is 0.273. The van der Waals surface area contributed by atoms with Crippen molar-refractivity contribution in [1.29, 1.82) is 0 Å². The van der Waals surface area contributed by atoms with Gasteiger partial charge in [0.25, 0.3) is 0 Å². The maximum absolute atomic E-state index is 13.4. The summed E-state index contributed by atoms with van der Waals surface area (Å²) >= 11 is 4.27. The topological polar surface area (TPSA) is 55.1 Å². The summed E-state index contributed by atoms with van der Waals surface area (Å²) in [5, 5.41) is 9.27. The minimum atomic E-state index is -0.901. The first kappa shape index (κ1) is 13.4. The Kier molecular flexibility index (Phi) is 3.91. The number of imidazole rings is 1. The highest BCUT2D eigenvalue weighted by Gasteiger charge is 2.13. The molecule has 0 bridgehead atoms. The molecule has 1 heterocycles. The number of aliphatic carboxylic acids is 1. The van der Waals surface area contributed by atoms with E-state index in [0.717, 1.165) is 17.3 Å². The van der Waals surface area contributed by atoms with Crippen LogP contribution in [0.3, 0.4) is 0 Å². The summed E-state index contributed by atoms with van der Waals surface area (Å²) in [5.74, 6) is -1.34. The number of hydrogen-bond acceptors (Lipinski definition) is 3. The Balaban J connectivity index is 2.50. The van der Waals surface area contributed by atoms with E-state index < -0.39 is 5.97 Å². The zero-order chi connectivity index (χ0) is 13.3. The second-order valence-corrected chi connectivity index (χ2v) is 5.37. The molecule has 0 unspecified atom stereocenters. The molecule has 1 aromatic heterocycles. The monoisotopic (exact) mass is 332 g/mol. The average molecular weight is 333 g/mol. The van der Waals surface area contributed by atoms with E-state index in [1.54, 1.807) is 6.07 Å². The van der Waals surface area contributed by atoms with E-state index in [1.807, 2.05) is 11.5 Å². The molecule has 1 aromatic carbocycles. The third kappa shape index (κ3) is 2.51. The second kappa shape index (κ2) is 5.27. The van der Waals surface area contributed by atoms with Crippen molar-refractivity contribution < 1.29 is 14.3 Å². The van der Waals surface area contributed by atoms with Gasteiger partial charge in [0.05, 0.1) is 21.3 Å². The number of halogens is 2. The van der Waals surface area contributed by atoms with Crippen LogP contribution < -0.4 is 0 Å². The van der Waals surface area contributed by atoms with E-state index >= 15 is 0 Å². The largest absolute Gasteiger partial charge is 0.481 e. The van der Waals surface area contributed by atoms with Crippen molar-refractivity contribution in [3.05, 3.63) is 22.4 Å². The van der Waals surface area contributed by atoms with Gasteiger partial charge >= 0.3 is 5.97 Å². The van der Waals surface area contributed by atoms with Crippen molar-refractivity contribution in [1.82, 2.24) is 9.55 Å². The van der Waals surface area contributed by atoms with Gasteiger partial charge in [0.1, 0.15) is 5.82 Å². The predicted octanol–water partition coefficient (Wildman–Crippen LogP) is 3.13. The van der Waals surface area contributed by atoms with Crippen molar-refractivity contribution in [3.63, 3.8) is 0 Å². The van der Waals surface area contributed by atoms with Gasteiger partial charge in [0, 0.05) is 12.6 Å². The molecule has 7 heteroatoms. The molecule has 0 radical (unpaired) electrons. The first-order valence-electron chi connectivity index (χ1n) is 5.22. The number of rotatable bonds is 4. The van der Waals surface area contributed by atoms with Gasteiger partial charge in [-0.05, 0) is 28.9 Å². The van der Waals surface area contributed by atoms with Gasteiger partial charge in [-0.1, -0.05) is 11.8 Å². The predicted molar refractivity (Wildman–Crippen MR) is 71.4 cm³/mol. The summed E-state index contributed by atoms with van der Waals surface area (Å²) in [5.41, 5.74) is 1.32. The molecule has 0 aliphatic heterocycles. The number of carboxylic acid groups (broad SMARTS) is 1. The fourth-order valence-corrected chi connectivity index (χ4v) is 2.77. The lowest BCUT2D eigenvalue weighted by molar-refractivity contribution is -0.133. The molecule has 1 N–H and O–H groups in total. The third-order valence-electron chi connectivity index (χ3n) is 2.40. The van der Waals surface area contributed by atoms with Crippen molar-refractivity contribution >= 4 is 44.7 Å². The Labute approximate surface area is 115 Å². The molecule has 2 aromatic rings. The number of hydrogen-bond donors (Lipinski definition) is 1. The number of carboxylic acids is 1. The van der Waals surface area contributed by atoms with E-state index in [9.17, 15) is 9.18 Å². The van der Waals surface area contributed by atoms with Crippen LogP contribution in [-0.4, -0.2) is 26.4 Å². The van der Waals surface area contributed by atoms with Crippen LogP contribution in [-0.2, 0) is 11.3 Å². The maximum atomic E-state index is 13.4. The Morgan fingerprint density at radius 2 is 2.33 bits per heavy atom. The standard InChI is InChI=1S/C11H10BrFN2O2S/c1-2-15-9-3-6(12)7(13)4-8(9)14-11(15)18-5-10(16)17/h3-4H,2,5H2,1H3,(H,16,17). The van der Waals surface area contributed by atoms with Gasteiger partial charge in [-0.15, -0.1) is 0 Å². The molecule has 0 amide bonds. The lowest BCUT2D eigenvalue weighted by Crippen LogP contribution is -2.01. The molecule has 0 aliphatic carbocycles. The third-order valence-corrected chi connectivity index (χ3v) is 3.97. The molecule has 18 heavy (non-hydrogen) atoms. The number of benzene rings is 1. The molecule has 0 aliphatic rings. The van der Waals surface area contributed by atoms with Crippen molar-refractivity contribution in [3.8, 4) is 0 Å². The quantitative estimate of drug-likeness (QED) is 0.874. The molecule has 96 valence electrons. The Hall–Kier alpha value is -1.08. The van der Waals surface area contributed by atoms with Crippen molar-refractivity contribution in [2.24, 2.45) is 0 Å². The summed E-state index contributed by atoms with van der Waals surface area (Å²) in [6.45, 7) is 2.58. The molecule has 0 saturated carbocycles. The highest BCUT2D eigenvalue weighted by Crippen LogP contribution is 2.28. The van der Waals surface area contributed by atoms with Crippen molar-refractivity contribution in [2.45, 2.75) is 18.6 Å². The van der Waals surface area contributed by atoms with E-state index in [0.29, 0.717) is 21.7 Å². The summed E-state index contributed by atoms with van der Waals surface area (Å²) in [4.78, 5) is 14.8. The van der Waals surface area contributed by atoms with Crippen molar-refractivity contribution in [2.75, 3.05) is 5.75 Å². The van der Waals surface area contributed by atoms with Gasteiger partial charge in [-0.3, -0.25) is 4.79 Å². The van der Waals surface area contributed by atoms with Crippen LogP contribution in [0.1, 0.15) is 6.92 Å². The molecule has 0 atom stereocenters. The van der Waals surface area contributed by atoms with Crippen LogP contribution in [0.15, 0.2) is 21.8 Å². The SMILES string of the molecule is CCn1c(SCC(=O)O)nc2cc(F)c(Br)cc21. The first-order chi connectivity index (χ1) is 8.52. The van der Waals surface area contributed by atoms with Gasteiger partial charge in [0.15, 0.2) is 5.16 Å². The number of fused-ring (bicyclic) bond motifs is 1. The Morgan fingerprint density at radius 1 is 1.61 bits per heavy atom. The fourth-order valence-electron chi connectivity index (χ4n) is 1.64. The van der Waals surface area contributed by atoms with Gasteiger partial charge in [-0.2, -0.15) is 0 Å². The van der Waals surface area contributed by atoms with E-state index in [2.05, 4.69) is 20.9 Å². The number of aryl methyl sites for hydroxylation is 1. The van der Waals surface area contributed by atoms with Crippen LogP contribution >= 0.6 is 27.7 Å². The summed E-state index contributed by atoms with van der Waals surface area (Å²) in [6, 6.07) is 3.00. The zero-order valence-corrected chi connectivity index (χ0v) is 11.9. The van der Waals surface area contributed by atoms with Gasteiger partial charge in [-0.25, -0.2) is 9.37 Å². The first-order valence-corrected chi connectivity index (χ1v) is 7.00. The smallest absolute Gasteiger partial charge is 0.313 e. The molecule has 2 rings (SSSR count). The van der Waals surface area contributed by atoms with E-state index in [-0.39, 0.29) is 11.6 Å². The molecule has 0 saturated heterocycles. The normalized spacial score (nSPS) is 11.1. The number of thioether (sulfide) groups is 1. The second-order valence-electron chi connectivity index (χ2n) is 3.58. The molecule has 0 fully saturated rings. The van der Waals surface area contributed by atoms with Crippen LogP contribution in [0.5, 0.6) is 0 Å². The maximum Gasteiger partial charge on any atom is 0.313 e. The molecular weight excluding hydrogens is 323 g/mol. The van der Waals surface area contributed by atoms with E-state index in [4.69, 9.17) is 5.11 Å². The lowest BCUT2D eigenvalue weighted by atomic mass is 10.3. The number of nitrogens with zero attached hydrogens (tertiary/aromatic N) is 2. The van der Waals surface area contributed by atoms with Gasteiger partial charge < -0.3 is 9.67 Å². The Morgan fingerprint density at radius 3 is 2.94 bits per heavy atom. The number of aromatic nitrogens is 2. The molecular formula is C11H10BrFN2O2S. The Bertz CT molecular complexity index is 615. The van der Waals surface area contributed by atoms with E-state index in [1.165, 1.54) is 6.07 Å². The zero-order valence-electron chi connectivity index (χ0n) is 9.48. The van der Waals surface area contributed by atoms with Crippen LogP contribution in [0.25, 0.3) is 11.0 Å². The summed E-state index contributed by atoms with van der Waals surface area (Å²) in [7, 11) is 0. The minimum Gasteiger partial charge on any atom is -0.481 e. The highest BCUT2D eigenvalue weighted by molar-refractivity contribution is 9.10. The molecule has 4 nitrogen and oxygen atoms in total.